The second kappa shape index (κ2) is 7.02. The monoisotopic (exact) mass is 384 g/mol. The summed E-state index contributed by atoms with van der Waals surface area (Å²) < 4.78 is 8.32. The van der Waals surface area contributed by atoms with E-state index < -0.39 is 0 Å². The number of benzene rings is 3. The number of aromatic nitrogens is 2. The van der Waals surface area contributed by atoms with E-state index in [1.807, 2.05) is 54.9 Å². The molecule has 4 heteroatoms. The van der Waals surface area contributed by atoms with Gasteiger partial charge < -0.3 is 4.74 Å². The van der Waals surface area contributed by atoms with Gasteiger partial charge in [0.25, 0.3) is 0 Å². The molecule has 2 aromatic heterocycles. The Hall–Kier alpha value is -3.30. The zero-order valence-electron chi connectivity index (χ0n) is 15.0. The van der Waals surface area contributed by atoms with E-state index in [9.17, 15) is 0 Å². The summed E-state index contributed by atoms with van der Waals surface area (Å²) in [6.07, 6.45) is 3.79. The third-order valence-electron chi connectivity index (χ3n) is 4.84. The fourth-order valence-corrected chi connectivity index (χ4v) is 3.74. The number of para-hydroxylation sites is 1. The first-order valence-corrected chi connectivity index (χ1v) is 9.49. The standard InChI is InChI=1S/C24H17ClN2O/c25-19-9-4-8-18(14-19)20-10-5-11-21-22(28-16-17-6-2-1-3-7-17)15-23-26-12-13-27(23)24(20)21/h1-15H,16H2. The lowest BCUT2D eigenvalue weighted by Crippen LogP contribution is -1.99. The van der Waals surface area contributed by atoms with Crippen molar-refractivity contribution in [1.29, 1.82) is 0 Å². The molecule has 3 nitrogen and oxygen atoms in total. The minimum atomic E-state index is 0.508. The van der Waals surface area contributed by atoms with Crippen molar-refractivity contribution in [3.05, 3.63) is 102 Å². The van der Waals surface area contributed by atoms with Crippen molar-refractivity contribution in [2.24, 2.45) is 0 Å². The summed E-state index contributed by atoms with van der Waals surface area (Å²) in [6.45, 7) is 0.508. The maximum atomic E-state index is 6.25. The molecule has 3 aromatic carbocycles. The Morgan fingerprint density at radius 2 is 1.75 bits per heavy atom. The van der Waals surface area contributed by atoms with Crippen molar-refractivity contribution in [3.8, 4) is 16.9 Å². The van der Waals surface area contributed by atoms with Gasteiger partial charge in [-0.25, -0.2) is 4.98 Å². The normalized spacial score (nSPS) is 11.2. The van der Waals surface area contributed by atoms with Crippen LogP contribution in [-0.2, 0) is 6.61 Å². The highest BCUT2D eigenvalue weighted by Crippen LogP contribution is 2.35. The molecule has 0 radical (unpaired) electrons. The van der Waals surface area contributed by atoms with E-state index in [0.29, 0.717) is 11.6 Å². The maximum Gasteiger partial charge on any atom is 0.140 e. The minimum Gasteiger partial charge on any atom is -0.488 e. The maximum absolute atomic E-state index is 6.25. The summed E-state index contributed by atoms with van der Waals surface area (Å²) in [5, 5.41) is 1.76. The van der Waals surface area contributed by atoms with Crippen LogP contribution in [0.1, 0.15) is 5.56 Å². The predicted molar refractivity (Wildman–Crippen MR) is 114 cm³/mol. The first kappa shape index (κ1) is 16.8. The predicted octanol–water partition coefficient (Wildman–Crippen LogP) is 6.39. The second-order valence-corrected chi connectivity index (χ2v) is 7.09. The van der Waals surface area contributed by atoms with Gasteiger partial charge in [0.05, 0.1) is 5.52 Å². The number of hydrogen-bond acceptors (Lipinski definition) is 2. The molecule has 2 heterocycles. The molecular weight excluding hydrogens is 368 g/mol. The van der Waals surface area contributed by atoms with Gasteiger partial charge in [-0.1, -0.05) is 66.2 Å². The molecule has 0 N–H and O–H groups in total. The average Bonchev–Trinajstić information content (AvgIpc) is 3.21. The molecule has 0 bridgehead atoms. The zero-order chi connectivity index (χ0) is 18.9. The van der Waals surface area contributed by atoms with Crippen LogP contribution < -0.4 is 4.74 Å². The lowest BCUT2D eigenvalue weighted by Gasteiger charge is -2.14. The van der Waals surface area contributed by atoms with Gasteiger partial charge in [0.15, 0.2) is 0 Å². The van der Waals surface area contributed by atoms with Crippen molar-refractivity contribution in [2.45, 2.75) is 6.61 Å². The van der Waals surface area contributed by atoms with Crippen LogP contribution in [0, 0.1) is 0 Å². The minimum absolute atomic E-state index is 0.508. The fraction of sp³-hybridized carbons (Fsp3) is 0.0417. The molecule has 28 heavy (non-hydrogen) atoms. The van der Waals surface area contributed by atoms with E-state index >= 15 is 0 Å². The summed E-state index contributed by atoms with van der Waals surface area (Å²) in [7, 11) is 0. The largest absolute Gasteiger partial charge is 0.488 e. The first-order valence-electron chi connectivity index (χ1n) is 9.11. The lowest BCUT2D eigenvalue weighted by molar-refractivity contribution is 0.310. The van der Waals surface area contributed by atoms with E-state index in [2.05, 4.69) is 45.8 Å². The molecular formula is C24H17ClN2O. The smallest absolute Gasteiger partial charge is 0.140 e. The van der Waals surface area contributed by atoms with E-state index in [0.717, 1.165) is 39.0 Å². The van der Waals surface area contributed by atoms with Crippen LogP contribution in [0.25, 0.3) is 27.7 Å². The molecule has 0 aliphatic rings. The van der Waals surface area contributed by atoms with Gasteiger partial charge in [0.2, 0.25) is 0 Å². The molecule has 5 aromatic rings. The number of nitrogens with zero attached hydrogens (tertiary/aromatic N) is 2. The highest BCUT2D eigenvalue weighted by molar-refractivity contribution is 6.30. The van der Waals surface area contributed by atoms with Crippen molar-refractivity contribution in [3.63, 3.8) is 0 Å². The number of hydrogen-bond donors (Lipinski definition) is 0. The summed E-state index contributed by atoms with van der Waals surface area (Å²) in [5.41, 5.74) is 5.19. The van der Waals surface area contributed by atoms with Gasteiger partial charge in [-0.2, -0.15) is 0 Å². The quantitative estimate of drug-likeness (QED) is 0.359. The molecule has 0 fully saturated rings. The molecule has 0 saturated heterocycles. The topological polar surface area (TPSA) is 26.5 Å². The van der Waals surface area contributed by atoms with Crippen LogP contribution in [-0.4, -0.2) is 9.38 Å². The summed E-state index contributed by atoms with van der Waals surface area (Å²) in [6, 6.07) is 26.3. The average molecular weight is 385 g/mol. The number of halogens is 1. The Morgan fingerprint density at radius 3 is 2.61 bits per heavy atom. The van der Waals surface area contributed by atoms with Crippen LogP contribution in [0.5, 0.6) is 5.75 Å². The molecule has 0 aliphatic heterocycles. The second-order valence-electron chi connectivity index (χ2n) is 6.65. The van der Waals surface area contributed by atoms with Crippen molar-refractivity contribution in [1.82, 2.24) is 9.38 Å². The van der Waals surface area contributed by atoms with Crippen LogP contribution in [0.4, 0.5) is 0 Å². The van der Waals surface area contributed by atoms with E-state index in [-0.39, 0.29) is 0 Å². The fourth-order valence-electron chi connectivity index (χ4n) is 3.55. The molecule has 5 rings (SSSR count). The zero-order valence-corrected chi connectivity index (χ0v) is 15.8. The van der Waals surface area contributed by atoms with Crippen LogP contribution in [0.2, 0.25) is 5.02 Å². The van der Waals surface area contributed by atoms with Gasteiger partial charge >= 0.3 is 0 Å². The Kier molecular flexibility index (Phi) is 4.22. The number of fused-ring (bicyclic) bond motifs is 3. The van der Waals surface area contributed by atoms with Gasteiger partial charge in [-0.3, -0.25) is 4.40 Å². The van der Waals surface area contributed by atoms with E-state index in [1.54, 1.807) is 0 Å². The number of pyridine rings is 1. The third kappa shape index (κ3) is 3.00. The third-order valence-corrected chi connectivity index (χ3v) is 5.08. The van der Waals surface area contributed by atoms with E-state index in [1.165, 1.54) is 0 Å². The molecule has 0 aliphatic carbocycles. The van der Waals surface area contributed by atoms with E-state index in [4.69, 9.17) is 16.3 Å². The SMILES string of the molecule is Clc1cccc(-c2cccc3c(OCc4ccccc4)cc4nccn4c23)c1. The lowest BCUT2D eigenvalue weighted by atomic mass is 10.0. The molecule has 0 amide bonds. The van der Waals surface area contributed by atoms with Crippen LogP contribution >= 0.6 is 11.6 Å². The van der Waals surface area contributed by atoms with Crippen molar-refractivity contribution >= 4 is 28.2 Å². The molecule has 0 saturated carbocycles. The first-order chi connectivity index (χ1) is 13.8. The Labute approximate surface area is 167 Å². The molecule has 0 spiro atoms. The number of ether oxygens (including phenoxy) is 1. The van der Waals surface area contributed by atoms with Crippen molar-refractivity contribution in [2.75, 3.05) is 0 Å². The highest BCUT2D eigenvalue weighted by Gasteiger charge is 2.13. The number of imidazole rings is 1. The summed E-state index contributed by atoms with van der Waals surface area (Å²) in [5.74, 6) is 0.821. The number of rotatable bonds is 4. The van der Waals surface area contributed by atoms with Crippen LogP contribution in [0.15, 0.2) is 91.3 Å². The summed E-state index contributed by atoms with van der Waals surface area (Å²) >= 11 is 6.25. The van der Waals surface area contributed by atoms with Gasteiger partial charge in [0, 0.05) is 34.4 Å². The van der Waals surface area contributed by atoms with Gasteiger partial charge in [-0.15, -0.1) is 0 Å². The summed E-state index contributed by atoms with van der Waals surface area (Å²) in [4.78, 5) is 4.49. The molecule has 136 valence electrons. The van der Waals surface area contributed by atoms with Gasteiger partial charge in [0.1, 0.15) is 18.0 Å². The highest BCUT2D eigenvalue weighted by atomic mass is 35.5. The Balaban J connectivity index is 1.70. The van der Waals surface area contributed by atoms with Gasteiger partial charge in [-0.05, 0) is 29.3 Å². The molecule has 0 unspecified atom stereocenters. The van der Waals surface area contributed by atoms with Crippen molar-refractivity contribution < 1.29 is 4.74 Å². The van der Waals surface area contributed by atoms with Crippen LogP contribution in [0.3, 0.4) is 0 Å². The molecule has 0 atom stereocenters. The Morgan fingerprint density at radius 1 is 0.893 bits per heavy atom. The Bertz CT molecular complexity index is 1280.